The summed E-state index contributed by atoms with van der Waals surface area (Å²) in [4.78, 5) is 23.0. The minimum atomic E-state index is 0.136. The van der Waals surface area contributed by atoms with Crippen molar-refractivity contribution in [3.63, 3.8) is 0 Å². The maximum Gasteiger partial charge on any atom is 0.220 e. The summed E-state index contributed by atoms with van der Waals surface area (Å²) in [6.07, 6.45) is 9.88. The van der Waals surface area contributed by atoms with E-state index in [2.05, 4.69) is 20.2 Å². The van der Waals surface area contributed by atoms with E-state index in [0.717, 1.165) is 18.9 Å². The molecule has 1 aromatic rings. The van der Waals surface area contributed by atoms with Crippen molar-refractivity contribution in [3.05, 3.63) is 18.1 Å². The Morgan fingerprint density at radius 1 is 1.24 bits per heavy atom. The second-order valence-corrected chi connectivity index (χ2v) is 6.16. The maximum atomic E-state index is 11.9. The Kier molecular flexibility index (Phi) is 4.68. The van der Waals surface area contributed by atoms with Gasteiger partial charge in [0.2, 0.25) is 5.91 Å². The second-order valence-electron chi connectivity index (χ2n) is 6.16. The van der Waals surface area contributed by atoms with Crippen LogP contribution in [0.15, 0.2) is 12.3 Å². The van der Waals surface area contributed by atoms with Gasteiger partial charge in [-0.15, -0.1) is 0 Å². The molecule has 0 spiro atoms. The fourth-order valence-electron chi connectivity index (χ4n) is 3.32. The summed E-state index contributed by atoms with van der Waals surface area (Å²) in [5, 5.41) is 2.96. The van der Waals surface area contributed by atoms with Crippen LogP contribution in [0, 0.1) is 5.92 Å². The van der Waals surface area contributed by atoms with Crippen molar-refractivity contribution >= 4 is 11.7 Å². The predicted molar refractivity (Wildman–Crippen MR) is 81.9 cm³/mol. The van der Waals surface area contributed by atoms with Gasteiger partial charge in [-0.05, 0) is 37.7 Å². The molecule has 0 atom stereocenters. The Labute approximate surface area is 126 Å². The van der Waals surface area contributed by atoms with E-state index in [1.165, 1.54) is 38.5 Å². The van der Waals surface area contributed by atoms with Crippen LogP contribution < -0.4 is 10.2 Å². The van der Waals surface area contributed by atoms with Gasteiger partial charge in [0.05, 0.1) is 6.54 Å². The van der Waals surface area contributed by atoms with Crippen LogP contribution in [0.3, 0.4) is 0 Å². The molecule has 1 aromatic heterocycles. The summed E-state index contributed by atoms with van der Waals surface area (Å²) < 4.78 is 0. The average molecular weight is 288 g/mol. The van der Waals surface area contributed by atoms with Crippen molar-refractivity contribution in [3.8, 4) is 0 Å². The predicted octanol–water partition coefficient (Wildman–Crippen LogP) is 2.27. The zero-order chi connectivity index (χ0) is 14.5. The Hall–Kier alpha value is -1.65. The number of aromatic nitrogens is 2. The molecule has 1 aliphatic carbocycles. The smallest absolute Gasteiger partial charge is 0.220 e. The third kappa shape index (κ3) is 3.93. The number of hydrogen-bond donors (Lipinski definition) is 1. The first-order chi connectivity index (χ1) is 10.3. The van der Waals surface area contributed by atoms with Gasteiger partial charge >= 0.3 is 0 Å². The SMILES string of the molecule is O=C(CC1CCCC1)NCc1nccc(N2CCCC2)n1. The van der Waals surface area contributed by atoms with Crippen molar-refractivity contribution in [2.75, 3.05) is 18.0 Å². The van der Waals surface area contributed by atoms with E-state index >= 15 is 0 Å². The number of rotatable bonds is 5. The van der Waals surface area contributed by atoms with E-state index in [1.54, 1.807) is 6.20 Å². The van der Waals surface area contributed by atoms with Crippen LogP contribution in [0.2, 0.25) is 0 Å². The first-order valence-electron chi connectivity index (χ1n) is 8.15. The van der Waals surface area contributed by atoms with Crippen LogP contribution in [0.5, 0.6) is 0 Å². The van der Waals surface area contributed by atoms with Crippen LogP contribution in [0.1, 0.15) is 50.8 Å². The number of nitrogens with one attached hydrogen (secondary N) is 1. The summed E-state index contributed by atoms with van der Waals surface area (Å²) in [6.45, 7) is 2.59. The highest BCUT2D eigenvalue weighted by Crippen LogP contribution is 2.27. The summed E-state index contributed by atoms with van der Waals surface area (Å²) in [7, 11) is 0. The van der Waals surface area contributed by atoms with Crippen molar-refractivity contribution in [1.29, 1.82) is 0 Å². The number of carbonyl (C=O) groups excluding carboxylic acids is 1. The molecular weight excluding hydrogens is 264 g/mol. The normalized spacial score (nSPS) is 19.1. The number of nitrogens with zero attached hydrogens (tertiary/aromatic N) is 3. The van der Waals surface area contributed by atoms with E-state index in [1.807, 2.05) is 6.07 Å². The minimum Gasteiger partial charge on any atom is -0.357 e. The molecule has 2 fully saturated rings. The van der Waals surface area contributed by atoms with Gasteiger partial charge in [-0.3, -0.25) is 4.79 Å². The Bertz CT molecular complexity index is 479. The largest absolute Gasteiger partial charge is 0.357 e. The van der Waals surface area contributed by atoms with Crippen molar-refractivity contribution in [1.82, 2.24) is 15.3 Å². The first kappa shape index (κ1) is 14.3. The van der Waals surface area contributed by atoms with Gasteiger partial charge < -0.3 is 10.2 Å². The van der Waals surface area contributed by atoms with E-state index < -0.39 is 0 Å². The fraction of sp³-hybridized carbons (Fsp3) is 0.688. The van der Waals surface area contributed by atoms with E-state index in [-0.39, 0.29) is 5.91 Å². The third-order valence-corrected chi connectivity index (χ3v) is 4.51. The molecule has 3 rings (SSSR count). The molecule has 1 N–H and O–H groups in total. The number of anilines is 1. The van der Waals surface area contributed by atoms with Gasteiger partial charge in [0.15, 0.2) is 0 Å². The standard InChI is InChI=1S/C16H24N4O/c21-16(11-13-5-1-2-6-13)18-12-14-17-8-7-15(19-14)20-9-3-4-10-20/h7-8,13H,1-6,9-12H2,(H,18,21). The Morgan fingerprint density at radius 3 is 2.76 bits per heavy atom. The summed E-state index contributed by atoms with van der Waals surface area (Å²) in [5.74, 6) is 2.42. The van der Waals surface area contributed by atoms with Gasteiger partial charge in [0, 0.05) is 25.7 Å². The summed E-state index contributed by atoms with van der Waals surface area (Å²) in [6, 6.07) is 1.95. The van der Waals surface area contributed by atoms with Crippen LogP contribution >= 0.6 is 0 Å². The second kappa shape index (κ2) is 6.87. The molecule has 21 heavy (non-hydrogen) atoms. The highest BCUT2D eigenvalue weighted by atomic mass is 16.1. The lowest BCUT2D eigenvalue weighted by atomic mass is 10.0. The lowest BCUT2D eigenvalue weighted by Crippen LogP contribution is -2.26. The monoisotopic (exact) mass is 288 g/mol. The molecule has 1 aliphatic heterocycles. The Morgan fingerprint density at radius 2 is 2.00 bits per heavy atom. The number of carbonyl (C=O) groups is 1. The van der Waals surface area contributed by atoms with E-state index in [0.29, 0.717) is 24.7 Å². The number of hydrogen-bond acceptors (Lipinski definition) is 4. The maximum absolute atomic E-state index is 11.9. The fourth-order valence-corrected chi connectivity index (χ4v) is 3.32. The van der Waals surface area contributed by atoms with Gasteiger partial charge in [-0.25, -0.2) is 9.97 Å². The quantitative estimate of drug-likeness (QED) is 0.903. The molecular formula is C16H24N4O. The molecule has 0 unspecified atom stereocenters. The van der Waals surface area contributed by atoms with Gasteiger partial charge in [0.1, 0.15) is 11.6 Å². The molecule has 1 amide bonds. The molecule has 0 radical (unpaired) electrons. The first-order valence-corrected chi connectivity index (χ1v) is 8.15. The lowest BCUT2D eigenvalue weighted by Gasteiger charge is -2.16. The topological polar surface area (TPSA) is 58.1 Å². The van der Waals surface area contributed by atoms with Gasteiger partial charge in [0.25, 0.3) is 0 Å². The van der Waals surface area contributed by atoms with E-state index in [4.69, 9.17) is 0 Å². The molecule has 0 aromatic carbocycles. The van der Waals surface area contributed by atoms with Crippen LogP contribution in [-0.4, -0.2) is 29.0 Å². The molecule has 2 heterocycles. The van der Waals surface area contributed by atoms with Crippen LogP contribution in [-0.2, 0) is 11.3 Å². The molecule has 1 saturated heterocycles. The Balaban J connectivity index is 1.50. The van der Waals surface area contributed by atoms with E-state index in [9.17, 15) is 4.79 Å². The zero-order valence-electron chi connectivity index (χ0n) is 12.6. The zero-order valence-corrected chi connectivity index (χ0v) is 12.6. The van der Waals surface area contributed by atoms with Crippen LogP contribution in [0.4, 0.5) is 5.82 Å². The van der Waals surface area contributed by atoms with Gasteiger partial charge in [-0.1, -0.05) is 12.8 Å². The van der Waals surface area contributed by atoms with Gasteiger partial charge in [-0.2, -0.15) is 0 Å². The molecule has 114 valence electrons. The van der Waals surface area contributed by atoms with Crippen LogP contribution in [0.25, 0.3) is 0 Å². The number of amides is 1. The molecule has 1 saturated carbocycles. The highest BCUT2D eigenvalue weighted by Gasteiger charge is 2.18. The van der Waals surface area contributed by atoms with Crippen molar-refractivity contribution in [2.45, 2.75) is 51.5 Å². The third-order valence-electron chi connectivity index (χ3n) is 4.51. The average Bonchev–Trinajstić information content (AvgIpc) is 3.19. The summed E-state index contributed by atoms with van der Waals surface area (Å²) >= 11 is 0. The molecule has 0 bridgehead atoms. The molecule has 2 aliphatic rings. The summed E-state index contributed by atoms with van der Waals surface area (Å²) in [5.41, 5.74) is 0. The van der Waals surface area contributed by atoms with Crippen molar-refractivity contribution < 1.29 is 4.79 Å². The minimum absolute atomic E-state index is 0.136. The van der Waals surface area contributed by atoms with Crippen molar-refractivity contribution in [2.24, 2.45) is 5.92 Å². The molecule has 5 nitrogen and oxygen atoms in total. The molecule has 5 heteroatoms. The lowest BCUT2D eigenvalue weighted by molar-refractivity contribution is -0.122. The highest BCUT2D eigenvalue weighted by molar-refractivity contribution is 5.76.